The van der Waals surface area contributed by atoms with Crippen molar-refractivity contribution >= 4 is 23.1 Å². The topological polar surface area (TPSA) is 52.6 Å². The Kier molecular flexibility index (Phi) is 6.06. The van der Waals surface area contributed by atoms with Gasteiger partial charge in [0.25, 0.3) is 0 Å². The second-order valence-electron chi connectivity index (χ2n) is 13.8. The number of carbonyl (C=O) groups is 2. The number of hydrogen-bond donors (Lipinski definition) is 0. The average Bonchev–Trinajstić information content (AvgIpc) is 3.18. The van der Waals surface area contributed by atoms with Gasteiger partial charge in [0, 0.05) is 22.3 Å². The fraction of sp³-hybridized carbons (Fsp3) is 0.500. The van der Waals surface area contributed by atoms with Crippen molar-refractivity contribution in [2.24, 2.45) is 5.92 Å². The van der Waals surface area contributed by atoms with Gasteiger partial charge in [-0.3, -0.25) is 0 Å². The van der Waals surface area contributed by atoms with E-state index in [1.807, 2.05) is 12.1 Å². The molecule has 192 valence electrons. The molecule has 2 heterocycles. The van der Waals surface area contributed by atoms with E-state index >= 15 is 0 Å². The van der Waals surface area contributed by atoms with Crippen LogP contribution >= 0.6 is 0 Å². The van der Waals surface area contributed by atoms with E-state index in [9.17, 15) is 9.59 Å². The predicted octanol–water partition coefficient (Wildman–Crippen LogP) is 7.53. The monoisotopic (exact) mass is 488 g/mol. The Morgan fingerprint density at radius 2 is 1.08 bits per heavy atom. The smallest absolute Gasteiger partial charge is 0.345 e. The van der Waals surface area contributed by atoms with Crippen molar-refractivity contribution in [1.82, 2.24) is 0 Å². The summed E-state index contributed by atoms with van der Waals surface area (Å²) >= 11 is 0. The number of carbonyl (C=O) groups excluding carboxylic acids is 2. The molecular weight excluding hydrogens is 448 g/mol. The summed E-state index contributed by atoms with van der Waals surface area (Å²) in [7, 11) is 0. The summed E-state index contributed by atoms with van der Waals surface area (Å²) < 4.78 is 11.8. The highest BCUT2D eigenvalue weighted by atomic mass is 16.5. The molecule has 4 nitrogen and oxygen atoms in total. The third-order valence-corrected chi connectivity index (χ3v) is 6.95. The van der Waals surface area contributed by atoms with E-state index in [1.165, 1.54) is 0 Å². The minimum absolute atomic E-state index is 0.144. The lowest BCUT2D eigenvalue weighted by Gasteiger charge is -2.26. The molecule has 0 saturated carbocycles. The second kappa shape index (κ2) is 8.33. The first kappa shape index (κ1) is 26.2. The number of benzene rings is 2. The Morgan fingerprint density at radius 1 is 0.639 bits per heavy atom. The summed E-state index contributed by atoms with van der Waals surface area (Å²) in [5.41, 5.74) is 5.55. The first-order valence-corrected chi connectivity index (χ1v) is 13.0. The average molecular weight is 489 g/mol. The van der Waals surface area contributed by atoms with E-state index in [1.54, 1.807) is 0 Å². The number of ether oxygens (including phenoxy) is 2. The van der Waals surface area contributed by atoms with E-state index in [2.05, 4.69) is 88.3 Å². The molecule has 0 spiro atoms. The lowest BCUT2D eigenvalue weighted by atomic mass is 9.78. The molecule has 0 saturated heterocycles. The summed E-state index contributed by atoms with van der Waals surface area (Å²) in [6.07, 6.45) is 0.872. The standard InChI is InChI=1S/C32H40O4/c1-17(2)12-18-13-20-24(28(33)35-26(20)22(14-18)31(6,7)8)25-21-15-19(30(3,4)5)16-23(32(9,10)11)27(21)36-29(25)34/h13-17H,12H2,1-11H3. The molecule has 0 aromatic heterocycles. The highest BCUT2D eigenvalue weighted by Gasteiger charge is 2.43. The van der Waals surface area contributed by atoms with Crippen LogP contribution in [0.2, 0.25) is 0 Å². The molecule has 4 heteroatoms. The molecule has 36 heavy (non-hydrogen) atoms. The van der Waals surface area contributed by atoms with Gasteiger partial charge < -0.3 is 9.47 Å². The molecule has 2 aliphatic heterocycles. The zero-order valence-corrected chi connectivity index (χ0v) is 23.7. The third kappa shape index (κ3) is 4.51. The fourth-order valence-corrected chi connectivity index (χ4v) is 5.03. The van der Waals surface area contributed by atoms with Crippen LogP contribution in [0.3, 0.4) is 0 Å². The maximum atomic E-state index is 13.5. The largest absolute Gasteiger partial charge is 0.422 e. The first-order chi connectivity index (χ1) is 16.4. The number of esters is 2. The van der Waals surface area contributed by atoms with Crippen LogP contribution in [-0.4, -0.2) is 11.9 Å². The highest BCUT2D eigenvalue weighted by Crippen LogP contribution is 2.51. The van der Waals surface area contributed by atoms with Crippen LogP contribution in [0.1, 0.15) is 110 Å². The number of rotatable bonds is 2. The first-order valence-electron chi connectivity index (χ1n) is 13.0. The normalized spacial score (nSPS) is 17.9. The van der Waals surface area contributed by atoms with Crippen LogP contribution in [0, 0.1) is 5.92 Å². The van der Waals surface area contributed by atoms with Crippen LogP contribution in [0.4, 0.5) is 0 Å². The third-order valence-electron chi connectivity index (χ3n) is 6.95. The molecule has 0 aliphatic carbocycles. The molecule has 4 rings (SSSR count). The molecule has 0 bridgehead atoms. The summed E-state index contributed by atoms with van der Waals surface area (Å²) in [5, 5.41) is 0. The summed E-state index contributed by atoms with van der Waals surface area (Å²) in [6.45, 7) is 23.5. The molecule has 0 atom stereocenters. The quantitative estimate of drug-likeness (QED) is 0.249. The van der Waals surface area contributed by atoms with Gasteiger partial charge in [-0.2, -0.15) is 0 Å². The van der Waals surface area contributed by atoms with Gasteiger partial charge in [0.05, 0.1) is 11.1 Å². The lowest BCUT2D eigenvalue weighted by Crippen LogP contribution is -2.17. The molecule has 2 aromatic rings. The fourth-order valence-electron chi connectivity index (χ4n) is 5.03. The van der Waals surface area contributed by atoms with Crippen LogP contribution in [-0.2, 0) is 32.3 Å². The van der Waals surface area contributed by atoms with Gasteiger partial charge in [-0.05, 0) is 51.8 Å². The molecule has 2 aromatic carbocycles. The van der Waals surface area contributed by atoms with E-state index in [4.69, 9.17) is 9.47 Å². The molecule has 0 amide bonds. The molecule has 0 N–H and O–H groups in total. The number of fused-ring (bicyclic) bond motifs is 2. The Labute approximate surface area is 216 Å². The lowest BCUT2D eigenvalue weighted by molar-refractivity contribution is -0.129. The minimum Gasteiger partial charge on any atom is -0.422 e. The minimum atomic E-state index is -0.493. The van der Waals surface area contributed by atoms with E-state index in [0.29, 0.717) is 39.7 Å². The highest BCUT2D eigenvalue weighted by molar-refractivity contribution is 6.41. The Morgan fingerprint density at radius 3 is 1.50 bits per heavy atom. The molecular formula is C32H40O4. The summed E-state index contributed by atoms with van der Waals surface area (Å²) in [5.74, 6) is 0.583. The molecule has 0 radical (unpaired) electrons. The van der Waals surface area contributed by atoms with Crippen LogP contribution in [0.5, 0.6) is 11.5 Å². The molecule has 2 aliphatic rings. The van der Waals surface area contributed by atoms with Crippen molar-refractivity contribution in [2.75, 3.05) is 0 Å². The van der Waals surface area contributed by atoms with Gasteiger partial charge in [0.15, 0.2) is 0 Å². The summed E-state index contributed by atoms with van der Waals surface area (Å²) in [4.78, 5) is 26.9. The summed E-state index contributed by atoms with van der Waals surface area (Å²) in [6, 6.07) is 8.34. The van der Waals surface area contributed by atoms with E-state index in [0.717, 1.165) is 28.7 Å². The zero-order chi connectivity index (χ0) is 27.0. The maximum Gasteiger partial charge on any atom is 0.345 e. The zero-order valence-electron chi connectivity index (χ0n) is 23.7. The molecule has 0 fully saturated rings. The Balaban J connectivity index is 2.08. The van der Waals surface area contributed by atoms with Crippen LogP contribution in [0.25, 0.3) is 11.1 Å². The van der Waals surface area contributed by atoms with Crippen molar-refractivity contribution in [3.63, 3.8) is 0 Å². The van der Waals surface area contributed by atoms with Gasteiger partial charge >= 0.3 is 11.9 Å². The van der Waals surface area contributed by atoms with Crippen molar-refractivity contribution < 1.29 is 19.1 Å². The predicted molar refractivity (Wildman–Crippen MR) is 146 cm³/mol. The van der Waals surface area contributed by atoms with E-state index in [-0.39, 0.29) is 16.2 Å². The number of hydrogen-bond acceptors (Lipinski definition) is 4. The maximum absolute atomic E-state index is 13.5. The van der Waals surface area contributed by atoms with Gasteiger partial charge in [-0.25, -0.2) is 9.59 Å². The van der Waals surface area contributed by atoms with Crippen molar-refractivity contribution in [1.29, 1.82) is 0 Å². The van der Waals surface area contributed by atoms with Crippen molar-refractivity contribution in [3.8, 4) is 11.5 Å². The van der Waals surface area contributed by atoms with Crippen LogP contribution < -0.4 is 9.47 Å². The van der Waals surface area contributed by atoms with Gasteiger partial charge in [-0.15, -0.1) is 0 Å². The Hall–Kier alpha value is -2.88. The van der Waals surface area contributed by atoms with Gasteiger partial charge in [0.2, 0.25) is 0 Å². The SMILES string of the molecule is CC(C)Cc1cc2c(c(C(C)(C)C)c1)OC(=O)C2=C1C(=O)Oc2c1cc(C(C)(C)C)cc2C(C)(C)C. The van der Waals surface area contributed by atoms with Crippen LogP contribution in [0.15, 0.2) is 24.3 Å². The molecule has 0 unspecified atom stereocenters. The van der Waals surface area contributed by atoms with Crippen molar-refractivity contribution in [2.45, 2.75) is 98.8 Å². The second-order valence-corrected chi connectivity index (χ2v) is 13.8. The van der Waals surface area contributed by atoms with Crippen molar-refractivity contribution in [3.05, 3.63) is 57.6 Å². The van der Waals surface area contributed by atoms with Gasteiger partial charge in [0.1, 0.15) is 11.5 Å². The van der Waals surface area contributed by atoms with Gasteiger partial charge in [-0.1, -0.05) is 88.3 Å². The Bertz CT molecular complexity index is 1300. The van der Waals surface area contributed by atoms with E-state index < -0.39 is 11.9 Å².